The summed E-state index contributed by atoms with van der Waals surface area (Å²) in [5, 5.41) is 3.25. The monoisotopic (exact) mass is 675 g/mol. The van der Waals surface area contributed by atoms with E-state index in [-0.39, 0.29) is 33.5 Å². The number of nitrogens with one attached hydrogen (secondary N) is 2. The van der Waals surface area contributed by atoms with Crippen LogP contribution in [0.3, 0.4) is 0 Å². The number of carbonyl (C=O) groups is 1. The molecule has 0 unspecified atom stereocenters. The van der Waals surface area contributed by atoms with Crippen LogP contribution < -0.4 is 14.3 Å². The Kier molecular flexibility index (Phi) is 9.42. The van der Waals surface area contributed by atoms with Crippen LogP contribution in [0.2, 0.25) is 5.02 Å². The average Bonchev–Trinajstić information content (AvgIpc) is 3.00. The highest BCUT2D eigenvalue weighted by molar-refractivity contribution is 7.93. The third-order valence-corrected chi connectivity index (χ3v) is 10.3. The number of rotatable bonds is 10. The number of benzene rings is 4. The van der Waals surface area contributed by atoms with E-state index in [0.29, 0.717) is 27.7 Å². The molecule has 13 heteroatoms. The highest BCUT2D eigenvalue weighted by Crippen LogP contribution is 2.30. The van der Waals surface area contributed by atoms with Gasteiger partial charge in [-0.15, -0.1) is 0 Å². The predicted octanol–water partition coefficient (Wildman–Crippen LogP) is 6.50. The van der Waals surface area contributed by atoms with Crippen LogP contribution in [0.25, 0.3) is 0 Å². The van der Waals surface area contributed by atoms with Gasteiger partial charge in [0.15, 0.2) is 0 Å². The molecule has 0 aliphatic heterocycles. The number of halogens is 1. The maximum Gasteiger partial charge on any atom is 0.264 e. The first-order chi connectivity index (χ1) is 21.8. The molecule has 1 aromatic heterocycles. The van der Waals surface area contributed by atoms with Gasteiger partial charge in [-0.2, -0.15) is 0 Å². The number of amides is 1. The number of nitrogens with zero attached hydrogens (tertiary/aromatic N) is 3. The molecule has 0 aliphatic carbocycles. The molecule has 0 saturated heterocycles. The van der Waals surface area contributed by atoms with E-state index in [1.54, 1.807) is 74.5 Å². The van der Waals surface area contributed by atoms with Gasteiger partial charge in [0.1, 0.15) is 0 Å². The van der Waals surface area contributed by atoms with Crippen LogP contribution >= 0.6 is 11.6 Å². The molecule has 236 valence electrons. The van der Waals surface area contributed by atoms with Gasteiger partial charge in [0.25, 0.3) is 26.0 Å². The van der Waals surface area contributed by atoms with Crippen molar-refractivity contribution in [2.75, 3.05) is 14.3 Å². The van der Waals surface area contributed by atoms with Gasteiger partial charge in [-0.3, -0.25) is 9.10 Å². The molecule has 5 rings (SSSR count). The molecule has 0 saturated carbocycles. The highest BCUT2D eigenvalue weighted by atomic mass is 35.5. The molecule has 0 bridgehead atoms. The second-order valence-electron chi connectivity index (χ2n) is 10.5. The zero-order valence-corrected chi connectivity index (χ0v) is 27.5. The smallest absolute Gasteiger partial charge is 0.264 e. The van der Waals surface area contributed by atoms with Crippen molar-refractivity contribution in [3.63, 3.8) is 0 Å². The van der Waals surface area contributed by atoms with Gasteiger partial charge in [-0.25, -0.2) is 31.5 Å². The minimum atomic E-state index is -4.12. The molecule has 46 heavy (non-hydrogen) atoms. The second kappa shape index (κ2) is 13.3. The molecule has 1 amide bonds. The Labute approximate surface area is 273 Å². The van der Waals surface area contributed by atoms with E-state index in [9.17, 15) is 21.6 Å². The van der Waals surface area contributed by atoms with Crippen molar-refractivity contribution in [3.05, 3.63) is 136 Å². The van der Waals surface area contributed by atoms with E-state index in [4.69, 9.17) is 11.6 Å². The van der Waals surface area contributed by atoms with Crippen LogP contribution in [0.4, 0.5) is 17.3 Å². The lowest BCUT2D eigenvalue weighted by Gasteiger charge is -2.27. The minimum Gasteiger partial charge on any atom is -0.322 e. The van der Waals surface area contributed by atoms with Crippen molar-refractivity contribution in [1.82, 2.24) is 9.97 Å². The highest BCUT2D eigenvalue weighted by Gasteiger charge is 2.29. The first-order valence-electron chi connectivity index (χ1n) is 14.0. The van der Waals surface area contributed by atoms with Gasteiger partial charge >= 0.3 is 0 Å². The number of carbonyl (C=O) groups excluding carboxylic acids is 1. The predicted molar refractivity (Wildman–Crippen MR) is 179 cm³/mol. The Bertz CT molecular complexity index is 2090. The maximum atomic E-state index is 14.0. The van der Waals surface area contributed by atoms with E-state index in [0.717, 1.165) is 5.56 Å². The SMILES string of the molecule is Cc1ccc(S(=O)(=O)N(Cc2ccc(Cl)cc2)c2ccccc2C(=O)Nc2ccc(S(=O)(=O)Nc3nc(C)cc(C)n3)cc2)cc1. The molecule has 0 aliphatic rings. The summed E-state index contributed by atoms with van der Waals surface area (Å²) in [7, 11) is -8.13. The normalized spacial score (nSPS) is 11.6. The number of aromatic nitrogens is 2. The largest absolute Gasteiger partial charge is 0.322 e. The van der Waals surface area contributed by atoms with Gasteiger partial charge in [-0.1, -0.05) is 53.6 Å². The van der Waals surface area contributed by atoms with Crippen LogP contribution in [0.5, 0.6) is 0 Å². The molecule has 4 aromatic carbocycles. The first kappa shape index (κ1) is 32.6. The second-order valence-corrected chi connectivity index (χ2v) is 14.5. The van der Waals surface area contributed by atoms with Crippen LogP contribution in [-0.4, -0.2) is 32.7 Å². The molecule has 1 heterocycles. The first-order valence-corrected chi connectivity index (χ1v) is 17.3. The summed E-state index contributed by atoms with van der Waals surface area (Å²) in [6.45, 7) is 5.26. The molecule has 0 atom stereocenters. The van der Waals surface area contributed by atoms with Crippen LogP contribution in [0.15, 0.2) is 113 Å². The standard InChI is InChI=1S/C33H30ClN5O5S2/c1-22-8-16-29(17-9-22)46(43,44)39(21-25-10-12-26(34)13-11-25)31-7-5-4-6-30(31)32(40)37-27-14-18-28(19-15-27)45(41,42)38-33-35-23(2)20-24(3)36-33/h4-20H,21H2,1-3H3,(H,37,40)(H,35,36,38). The summed E-state index contributed by atoms with van der Waals surface area (Å²) in [5.74, 6) is -0.636. The Morgan fingerprint density at radius 1 is 0.761 bits per heavy atom. The molecular weight excluding hydrogens is 646 g/mol. The fourth-order valence-electron chi connectivity index (χ4n) is 4.64. The summed E-state index contributed by atoms with van der Waals surface area (Å²) in [4.78, 5) is 21.9. The number of aryl methyl sites for hydroxylation is 3. The topological polar surface area (TPSA) is 138 Å². The lowest BCUT2D eigenvalue weighted by atomic mass is 10.1. The summed E-state index contributed by atoms with van der Waals surface area (Å²) < 4.78 is 57.5. The minimum absolute atomic E-state index is 0.0461. The Hall–Kier alpha value is -4.78. The zero-order chi connectivity index (χ0) is 33.1. The Morgan fingerprint density at radius 2 is 1.35 bits per heavy atom. The van der Waals surface area contributed by atoms with E-state index >= 15 is 0 Å². The van der Waals surface area contributed by atoms with Crippen molar-refractivity contribution in [1.29, 1.82) is 0 Å². The zero-order valence-electron chi connectivity index (χ0n) is 25.1. The van der Waals surface area contributed by atoms with Crippen molar-refractivity contribution in [2.45, 2.75) is 37.1 Å². The van der Waals surface area contributed by atoms with E-state index in [2.05, 4.69) is 20.0 Å². The molecule has 10 nitrogen and oxygen atoms in total. The number of anilines is 3. The molecule has 2 N–H and O–H groups in total. The molecule has 0 fully saturated rings. The van der Waals surface area contributed by atoms with Crippen LogP contribution in [0.1, 0.15) is 32.9 Å². The van der Waals surface area contributed by atoms with Gasteiger partial charge in [-0.05, 0) is 93.1 Å². The van der Waals surface area contributed by atoms with Crippen LogP contribution in [-0.2, 0) is 26.6 Å². The van der Waals surface area contributed by atoms with Gasteiger partial charge in [0.05, 0.1) is 27.6 Å². The summed E-state index contributed by atoms with van der Waals surface area (Å²) in [6.07, 6.45) is 0. The Morgan fingerprint density at radius 3 is 1.98 bits per heavy atom. The maximum absolute atomic E-state index is 14.0. The molecule has 0 spiro atoms. The molecular formula is C33H30ClN5O5S2. The third kappa shape index (κ3) is 7.53. The van der Waals surface area contributed by atoms with E-state index in [1.165, 1.54) is 46.8 Å². The van der Waals surface area contributed by atoms with E-state index in [1.807, 2.05) is 6.92 Å². The van der Waals surface area contributed by atoms with Crippen molar-refractivity contribution < 1.29 is 21.6 Å². The summed E-state index contributed by atoms with van der Waals surface area (Å²) >= 11 is 6.06. The van der Waals surface area contributed by atoms with Crippen molar-refractivity contribution in [2.24, 2.45) is 0 Å². The average molecular weight is 676 g/mol. The van der Waals surface area contributed by atoms with Gasteiger partial charge < -0.3 is 5.32 Å². The lowest BCUT2D eigenvalue weighted by Crippen LogP contribution is -2.32. The van der Waals surface area contributed by atoms with Crippen LogP contribution in [0, 0.1) is 20.8 Å². The summed E-state index contributed by atoms with van der Waals surface area (Å²) in [5.41, 5.74) is 3.34. The number of hydrogen-bond acceptors (Lipinski definition) is 7. The van der Waals surface area contributed by atoms with Crippen molar-refractivity contribution >= 4 is 54.9 Å². The summed E-state index contributed by atoms with van der Waals surface area (Å²) in [6, 6.07) is 26.9. The quantitative estimate of drug-likeness (QED) is 0.172. The number of hydrogen-bond donors (Lipinski definition) is 2. The molecule has 5 aromatic rings. The number of sulfonamides is 2. The lowest BCUT2D eigenvalue weighted by molar-refractivity contribution is 0.102. The Balaban J connectivity index is 1.44. The number of para-hydroxylation sites is 1. The fourth-order valence-corrected chi connectivity index (χ4v) is 7.18. The van der Waals surface area contributed by atoms with E-state index < -0.39 is 26.0 Å². The van der Waals surface area contributed by atoms with Gasteiger partial charge in [0.2, 0.25) is 5.95 Å². The molecule has 0 radical (unpaired) electrons. The fraction of sp³-hybridized carbons (Fsp3) is 0.121. The van der Waals surface area contributed by atoms with Gasteiger partial charge in [0, 0.05) is 22.1 Å². The van der Waals surface area contributed by atoms with Crippen molar-refractivity contribution in [3.8, 4) is 0 Å². The third-order valence-electron chi connectivity index (χ3n) is 6.90.